The molecule has 30 heavy (non-hydrogen) atoms. The summed E-state index contributed by atoms with van der Waals surface area (Å²) in [5.41, 5.74) is -2.38. The molecule has 0 aliphatic heterocycles. The number of nitrogens with zero attached hydrogens (tertiary/aromatic N) is 4. The smallest absolute Gasteiger partial charge is 0.340 e. The molecule has 0 saturated heterocycles. The molecule has 2 aromatic rings. The zero-order valence-corrected chi connectivity index (χ0v) is 15.8. The van der Waals surface area contributed by atoms with E-state index in [2.05, 4.69) is 9.97 Å². The number of likely N-dealkylation sites (N-methyl/N-ethyl adjacent to an activating group) is 2. The van der Waals surface area contributed by atoms with E-state index in [1.165, 1.54) is 23.9 Å². The summed E-state index contributed by atoms with van der Waals surface area (Å²) in [6, 6.07) is 3.37. The summed E-state index contributed by atoms with van der Waals surface area (Å²) in [5, 5.41) is 0. The predicted molar refractivity (Wildman–Crippen MR) is 92.4 cm³/mol. The Labute approximate surface area is 167 Å². The van der Waals surface area contributed by atoms with Crippen molar-refractivity contribution in [2.75, 3.05) is 27.2 Å². The lowest BCUT2D eigenvalue weighted by molar-refractivity contribution is -0.142. The molecule has 0 radical (unpaired) electrons. The Morgan fingerprint density at radius 2 is 1.07 bits per heavy atom. The lowest BCUT2D eigenvalue weighted by Gasteiger charge is -2.22. The van der Waals surface area contributed by atoms with Crippen LogP contribution in [0.15, 0.2) is 36.7 Å². The molecule has 0 aromatic carbocycles. The van der Waals surface area contributed by atoms with Crippen LogP contribution in [-0.2, 0) is 12.4 Å². The number of rotatable bonds is 5. The number of halogens is 6. The molecule has 2 amide bonds. The average Bonchev–Trinajstić information content (AvgIpc) is 2.69. The molecule has 2 heterocycles. The van der Waals surface area contributed by atoms with Gasteiger partial charge in [0, 0.05) is 39.6 Å². The molecular weight excluding hydrogens is 418 g/mol. The Bertz CT molecular complexity index is 819. The second-order valence-corrected chi connectivity index (χ2v) is 6.31. The maximum atomic E-state index is 12.5. The molecule has 0 aliphatic carbocycles. The van der Waals surface area contributed by atoms with Gasteiger partial charge in [0.05, 0.1) is 11.1 Å². The Kier molecular flexibility index (Phi) is 6.68. The number of pyridine rings is 2. The van der Waals surface area contributed by atoms with E-state index in [4.69, 9.17) is 0 Å². The third-order valence-corrected chi connectivity index (χ3v) is 4.07. The molecule has 2 rings (SSSR count). The Balaban J connectivity index is 1.95. The van der Waals surface area contributed by atoms with Crippen LogP contribution in [0.4, 0.5) is 26.3 Å². The monoisotopic (exact) mass is 434 g/mol. The zero-order chi connectivity index (χ0) is 22.7. The summed E-state index contributed by atoms with van der Waals surface area (Å²) < 4.78 is 75.2. The van der Waals surface area contributed by atoms with Gasteiger partial charge in [0.1, 0.15) is 11.4 Å². The van der Waals surface area contributed by atoms with Crippen molar-refractivity contribution in [2.45, 2.75) is 12.4 Å². The van der Waals surface area contributed by atoms with E-state index in [0.29, 0.717) is 12.1 Å². The highest BCUT2D eigenvalue weighted by molar-refractivity contribution is 5.94. The van der Waals surface area contributed by atoms with Gasteiger partial charge in [-0.05, 0) is 24.3 Å². The first-order chi connectivity index (χ1) is 13.8. The van der Waals surface area contributed by atoms with Gasteiger partial charge < -0.3 is 9.80 Å². The fourth-order valence-corrected chi connectivity index (χ4v) is 2.32. The maximum Gasteiger partial charge on any atom is 0.433 e. The minimum Gasteiger partial charge on any atom is -0.340 e. The molecule has 0 fully saturated rings. The first-order valence-corrected chi connectivity index (χ1v) is 8.38. The summed E-state index contributed by atoms with van der Waals surface area (Å²) in [5.74, 6) is -1.21. The van der Waals surface area contributed by atoms with Crippen molar-refractivity contribution in [3.63, 3.8) is 0 Å². The SMILES string of the molecule is CN(CCN(C)C(=O)c1ccc(C(F)(F)F)nc1)C(=O)c1ccc(C(F)(F)F)nc1. The molecule has 162 valence electrons. The van der Waals surface area contributed by atoms with E-state index in [1.807, 2.05) is 0 Å². The largest absolute Gasteiger partial charge is 0.433 e. The van der Waals surface area contributed by atoms with Crippen LogP contribution < -0.4 is 0 Å². The Morgan fingerprint density at radius 1 is 0.733 bits per heavy atom. The highest BCUT2D eigenvalue weighted by atomic mass is 19.4. The van der Waals surface area contributed by atoms with Crippen LogP contribution in [0.25, 0.3) is 0 Å². The molecule has 0 atom stereocenters. The van der Waals surface area contributed by atoms with Gasteiger partial charge in [-0.15, -0.1) is 0 Å². The van der Waals surface area contributed by atoms with Crippen LogP contribution in [-0.4, -0.2) is 58.8 Å². The average molecular weight is 434 g/mol. The number of alkyl halides is 6. The molecule has 0 aliphatic rings. The van der Waals surface area contributed by atoms with Crippen LogP contribution in [0.5, 0.6) is 0 Å². The molecule has 6 nitrogen and oxygen atoms in total. The van der Waals surface area contributed by atoms with Crippen molar-refractivity contribution in [2.24, 2.45) is 0 Å². The minimum absolute atomic E-state index is 0.0240. The van der Waals surface area contributed by atoms with Gasteiger partial charge >= 0.3 is 12.4 Å². The number of aromatic nitrogens is 2. The third kappa shape index (κ3) is 5.67. The summed E-state index contributed by atoms with van der Waals surface area (Å²) in [7, 11) is 2.77. The second kappa shape index (κ2) is 8.67. The molecule has 0 N–H and O–H groups in total. The van der Waals surface area contributed by atoms with Crippen molar-refractivity contribution in [3.8, 4) is 0 Å². The molecule has 12 heteroatoms. The Morgan fingerprint density at radius 3 is 1.30 bits per heavy atom. The standard InChI is InChI=1S/C18H16F6N4O2/c1-27(15(29)11-3-5-13(25-9-11)17(19,20)21)7-8-28(2)16(30)12-4-6-14(26-10-12)18(22,23)24/h3-6,9-10H,7-8H2,1-2H3. The fourth-order valence-electron chi connectivity index (χ4n) is 2.32. The van der Waals surface area contributed by atoms with Crippen molar-refractivity contribution < 1.29 is 35.9 Å². The number of amides is 2. The van der Waals surface area contributed by atoms with E-state index in [1.54, 1.807) is 0 Å². The van der Waals surface area contributed by atoms with Crippen LogP contribution in [0.3, 0.4) is 0 Å². The lowest BCUT2D eigenvalue weighted by Crippen LogP contribution is -2.37. The summed E-state index contributed by atoms with van der Waals surface area (Å²) in [6.45, 7) is 0.0479. The van der Waals surface area contributed by atoms with Crippen molar-refractivity contribution in [1.82, 2.24) is 19.8 Å². The first kappa shape index (κ1) is 23.1. The van der Waals surface area contributed by atoms with E-state index < -0.39 is 35.6 Å². The summed E-state index contributed by atoms with van der Waals surface area (Å²) in [4.78, 5) is 33.3. The zero-order valence-electron chi connectivity index (χ0n) is 15.8. The number of carbonyl (C=O) groups is 2. The lowest BCUT2D eigenvalue weighted by atomic mass is 10.2. The van der Waals surface area contributed by atoms with E-state index in [9.17, 15) is 35.9 Å². The summed E-state index contributed by atoms with van der Waals surface area (Å²) >= 11 is 0. The van der Waals surface area contributed by atoms with Gasteiger partial charge in [0.25, 0.3) is 11.8 Å². The van der Waals surface area contributed by atoms with Crippen molar-refractivity contribution >= 4 is 11.8 Å². The quantitative estimate of drug-likeness (QED) is 0.677. The van der Waals surface area contributed by atoms with Gasteiger partial charge in [-0.25, -0.2) is 0 Å². The molecule has 0 bridgehead atoms. The molecular formula is C18H16F6N4O2. The number of hydrogen-bond donors (Lipinski definition) is 0. The third-order valence-electron chi connectivity index (χ3n) is 4.07. The fraction of sp³-hybridized carbons (Fsp3) is 0.333. The highest BCUT2D eigenvalue weighted by Crippen LogP contribution is 2.28. The maximum absolute atomic E-state index is 12.5. The first-order valence-electron chi connectivity index (χ1n) is 8.38. The number of carbonyl (C=O) groups excluding carboxylic acids is 2. The highest BCUT2D eigenvalue weighted by Gasteiger charge is 2.33. The molecule has 0 unspecified atom stereocenters. The predicted octanol–water partition coefficient (Wildman–Crippen LogP) is 3.36. The van der Waals surface area contributed by atoms with Crippen LogP contribution >= 0.6 is 0 Å². The normalized spacial score (nSPS) is 11.9. The van der Waals surface area contributed by atoms with Crippen molar-refractivity contribution in [1.29, 1.82) is 0 Å². The van der Waals surface area contributed by atoms with Crippen LogP contribution in [0.2, 0.25) is 0 Å². The molecule has 0 spiro atoms. The molecule has 0 saturated carbocycles. The topological polar surface area (TPSA) is 66.4 Å². The summed E-state index contributed by atoms with van der Waals surface area (Å²) in [6.07, 6.45) is -7.62. The van der Waals surface area contributed by atoms with Gasteiger partial charge in [-0.2, -0.15) is 26.3 Å². The van der Waals surface area contributed by atoms with Gasteiger partial charge in [0.2, 0.25) is 0 Å². The van der Waals surface area contributed by atoms with E-state index >= 15 is 0 Å². The van der Waals surface area contributed by atoms with Gasteiger partial charge in [-0.1, -0.05) is 0 Å². The van der Waals surface area contributed by atoms with Crippen LogP contribution in [0.1, 0.15) is 32.1 Å². The number of hydrogen-bond acceptors (Lipinski definition) is 4. The minimum atomic E-state index is -4.62. The van der Waals surface area contributed by atoms with E-state index in [0.717, 1.165) is 24.5 Å². The van der Waals surface area contributed by atoms with E-state index in [-0.39, 0.29) is 24.2 Å². The second-order valence-electron chi connectivity index (χ2n) is 6.31. The van der Waals surface area contributed by atoms with Gasteiger partial charge in [0.15, 0.2) is 0 Å². The van der Waals surface area contributed by atoms with Gasteiger partial charge in [-0.3, -0.25) is 19.6 Å². The van der Waals surface area contributed by atoms with Crippen molar-refractivity contribution in [3.05, 3.63) is 59.2 Å². The molecule has 2 aromatic heterocycles. The Hall–Kier alpha value is -3.18. The van der Waals surface area contributed by atoms with Crippen LogP contribution in [0, 0.1) is 0 Å².